The number of nitrogens with one attached hydrogen (secondary N) is 2. The van der Waals surface area contributed by atoms with E-state index in [9.17, 15) is 4.79 Å². The Kier molecular flexibility index (Phi) is 1.52. The molecule has 0 spiro atoms. The molecule has 0 unspecified atom stereocenters. The fraction of sp³-hybridized carbons (Fsp3) is 0.333. The van der Waals surface area contributed by atoms with Gasteiger partial charge in [0, 0.05) is 5.69 Å². The summed E-state index contributed by atoms with van der Waals surface area (Å²) >= 11 is 0. The fourth-order valence-electron chi connectivity index (χ4n) is 1.48. The monoisotopic (exact) mass is 177 g/mol. The second-order valence-corrected chi connectivity index (χ2v) is 3.25. The van der Waals surface area contributed by atoms with Crippen LogP contribution in [-0.2, 0) is 0 Å². The average Bonchev–Trinajstić information content (AvgIpc) is 2.27. The highest BCUT2D eigenvalue weighted by atomic mass is 16.1. The van der Waals surface area contributed by atoms with E-state index in [4.69, 9.17) is 0 Å². The molecule has 0 radical (unpaired) electrons. The Labute approximate surface area is 75.0 Å². The molecule has 0 aliphatic rings. The van der Waals surface area contributed by atoms with Crippen molar-refractivity contribution in [3.05, 3.63) is 27.4 Å². The smallest absolute Gasteiger partial charge is 0.260 e. The SMILES string of the molecule is Cc1nc2[nH]c(C)c(C)c2c(=O)[nH]1. The number of fused-ring (bicyclic) bond motifs is 1. The number of nitrogens with zero attached hydrogens (tertiary/aromatic N) is 1. The van der Waals surface area contributed by atoms with Gasteiger partial charge in [0.1, 0.15) is 11.5 Å². The van der Waals surface area contributed by atoms with Crippen molar-refractivity contribution >= 4 is 11.0 Å². The molecular formula is C9H11N3O. The van der Waals surface area contributed by atoms with E-state index in [1.54, 1.807) is 6.92 Å². The third-order valence-corrected chi connectivity index (χ3v) is 2.28. The Morgan fingerprint density at radius 3 is 2.54 bits per heavy atom. The first-order valence-electron chi connectivity index (χ1n) is 4.15. The molecule has 0 aliphatic carbocycles. The van der Waals surface area contributed by atoms with Crippen LogP contribution in [0, 0.1) is 20.8 Å². The maximum absolute atomic E-state index is 11.5. The summed E-state index contributed by atoms with van der Waals surface area (Å²) in [7, 11) is 0. The summed E-state index contributed by atoms with van der Waals surface area (Å²) < 4.78 is 0. The van der Waals surface area contributed by atoms with Crippen molar-refractivity contribution in [3.63, 3.8) is 0 Å². The quantitative estimate of drug-likeness (QED) is 0.634. The largest absolute Gasteiger partial charge is 0.343 e. The Hall–Kier alpha value is -1.58. The van der Waals surface area contributed by atoms with Crippen LogP contribution in [0.25, 0.3) is 11.0 Å². The van der Waals surface area contributed by atoms with Crippen LogP contribution in [0.15, 0.2) is 4.79 Å². The predicted molar refractivity (Wildman–Crippen MR) is 50.9 cm³/mol. The Balaban J connectivity index is 3.03. The van der Waals surface area contributed by atoms with E-state index in [-0.39, 0.29) is 5.56 Å². The van der Waals surface area contributed by atoms with E-state index in [0.29, 0.717) is 16.9 Å². The van der Waals surface area contributed by atoms with Crippen LogP contribution in [0.5, 0.6) is 0 Å². The van der Waals surface area contributed by atoms with Gasteiger partial charge in [-0.25, -0.2) is 4.98 Å². The molecule has 0 saturated heterocycles. The molecule has 13 heavy (non-hydrogen) atoms. The average molecular weight is 177 g/mol. The van der Waals surface area contributed by atoms with Crippen LogP contribution < -0.4 is 5.56 Å². The second-order valence-electron chi connectivity index (χ2n) is 3.25. The highest BCUT2D eigenvalue weighted by Gasteiger charge is 2.08. The minimum atomic E-state index is -0.0654. The predicted octanol–water partition coefficient (Wildman–Crippen LogP) is 1.18. The third kappa shape index (κ3) is 1.06. The first kappa shape index (κ1) is 8.04. The van der Waals surface area contributed by atoms with Crippen molar-refractivity contribution in [1.82, 2.24) is 15.0 Å². The lowest BCUT2D eigenvalue weighted by atomic mass is 10.2. The zero-order valence-corrected chi connectivity index (χ0v) is 7.86. The molecule has 2 N–H and O–H groups in total. The molecule has 68 valence electrons. The molecule has 2 rings (SSSR count). The number of hydrogen-bond donors (Lipinski definition) is 2. The normalized spacial score (nSPS) is 11.0. The first-order valence-corrected chi connectivity index (χ1v) is 4.15. The summed E-state index contributed by atoms with van der Waals surface area (Å²) in [5, 5.41) is 0.670. The van der Waals surface area contributed by atoms with E-state index in [1.807, 2.05) is 13.8 Å². The van der Waals surface area contributed by atoms with Gasteiger partial charge in [0.2, 0.25) is 0 Å². The van der Waals surface area contributed by atoms with E-state index in [1.165, 1.54) is 0 Å². The van der Waals surface area contributed by atoms with Crippen LogP contribution in [0.2, 0.25) is 0 Å². The molecule has 2 heterocycles. The zero-order chi connectivity index (χ0) is 9.59. The number of aromatic amines is 2. The van der Waals surface area contributed by atoms with Gasteiger partial charge in [-0.3, -0.25) is 4.79 Å². The summed E-state index contributed by atoms with van der Waals surface area (Å²) in [6.07, 6.45) is 0. The van der Waals surface area contributed by atoms with Crippen LogP contribution in [0.4, 0.5) is 0 Å². The van der Waals surface area contributed by atoms with Crippen molar-refractivity contribution in [1.29, 1.82) is 0 Å². The van der Waals surface area contributed by atoms with Gasteiger partial charge in [-0.05, 0) is 26.3 Å². The molecule has 4 nitrogen and oxygen atoms in total. The lowest BCUT2D eigenvalue weighted by Crippen LogP contribution is -2.09. The van der Waals surface area contributed by atoms with Gasteiger partial charge in [0.15, 0.2) is 0 Å². The maximum Gasteiger partial charge on any atom is 0.260 e. The Bertz CT molecular complexity index is 521. The van der Waals surface area contributed by atoms with E-state index >= 15 is 0 Å². The minimum absolute atomic E-state index is 0.0654. The molecule has 0 bridgehead atoms. The highest BCUT2D eigenvalue weighted by molar-refractivity contribution is 5.79. The molecule has 0 aliphatic heterocycles. The first-order chi connectivity index (χ1) is 6.09. The fourth-order valence-corrected chi connectivity index (χ4v) is 1.48. The second kappa shape index (κ2) is 2.45. The molecule has 0 saturated carbocycles. The molecule has 2 aromatic heterocycles. The summed E-state index contributed by atoms with van der Waals surface area (Å²) in [5.41, 5.74) is 2.59. The van der Waals surface area contributed by atoms with E-state index in [2.05, 4.69) is 15.0 Å². The highest BCUT2D eigenvalue weighted by Crippen LogP contribution is 2.14. The molecule has 2 aromatic rings. The molecule has 0 aromatic carbocycles. The Morgan fingerprint density at radius 1 is 1.15 bits per heavy atom. The number of aryl methyl sites for hydroxylation is 3. The van der Waals surface area contributed by atoms with Crippen LogP contribution >= 0.6 is 0 Å². The zero-order valence-electron chi connectivity index (χ0n) is 7.86. The minimum Gasteiger partial charge on any atom is -0.343 e. The summed E-state index contributed by atoms with van der Waals surface area (Å²) in [4.78, 5) is 21.5. The number of H-pyrrole nitrogens is 2. The van der Waals surface area contributed by atoms with Crippen LogP contribution in [0.3, 0.4) is 0 Å². The molecule has 0 fully saturated rings. The molecule has 4 heteroatoms. The number of aromatic nitrogens is 3. The van der Waals surface area contributed by atoms with Crippen LogP contribution in [0.1, 0.15) is 17.1 Å². The number of hydrogen-bond acceptors (Lipinski definition) is 2. The van der Waals surface area contributed by atoms with Crippen molar-refractivity contribution < 1.29 is 0 Å². The van der Waals surface area contributed by atoms with Crippen molar-refractivity contribution in [2.24, 2.45) is 0 Å². The molecular weight excluding hydrogens is 166 g/mol. The summed E-state index contributed by atoms with van der Waals surface area (Å²) in [6, 6.07) is 0. The van der Waals surface area contributed by atoms with Gasteiger partial charge in [0.05, 0.1) is 5.39 Å². The van der Waals surface area contributed by atoms with Gasteiger partial charge in [-0.15, -0.1) is 0 Å². The van der Waals surface area contributed by atoms with Crippen molar-refractivity contribution in [2.45, 2.75) is 20.8 Å². The maximum atomic E-state index is 11.5. The topological polar surface area (TPSA) is 61.5 Å². The summed E-state index contributed by atoms with van der Waals surface area (Å²) in [6.45, 7) is 5.62. The standard InChI is InChI=1S/C9H11N3O/c1-4-5(2)10-8-7(4)9(13)12-6(3)11-8/h1-3H3,(H2,10,11,12,13). The van der Waals surface area contributed by atoms with Crippen molar-refractivity contribution in [3.8, 4) is 0 Å². The summed E-state index contributed by atoms with van der Waals surface area (Å²) in [5.74, 6) is 0.638. The van der Waals surface area contributed by atoms with Gasteiger partial charge in [-0.1, -0.05) is 0 Å². The van der Waals surface area contributed by atoms with Crippen molar-refractivity contribution in [2.75, 3.05) is 0 Å². The van der Waals surface area contributed by atoms with E-state index in [0.717, 1.165) is 11.3 Å². The van der Waals surface area contributed by atoms with Gasteiger partial charge in [-0.2, -0.15) is 0 Å². The number of rotatable bonds is 0. The third-order valence-electron chi connectivity index (χ3n) is 2.28. The Morgan fingerprint density at radius 2 is 1.85 bits per heavy atom. The van der Waals surface area contributed by atoms with Gasteiger partial charge in [0.25, 0.3) is 5.56 Å². The van der Waals surface area contributed by atoms with Gasteiger partial charge >= 0.3 is 0 Å². The molecule has 0 atom stereocenters. The van der Waals surface area contributed by atoms with E-state index < -0.39 is 0 Å². The van der Waals surface area contributed by atoms with Gasteiger partial charge < -0.3 is 9.97 Å². The van der Waals surface area contributed by atoms with Crippen LogP contribution in [-0.4, -0.2) is 15.0 Å². The lowest BCUT2D eigenvalue weighted by Gasteiger charge is -1.92. The lowest BCUT2D eigenvalue weighted by molar-refractivity contribution is 1.05. The molecule has 0 amide bonds.